The van der Waals surface area contributed by atoms with Crippen LogP contribution >= 0.6 is 0 Å². The number of nitrogens with two attached hydrogens (primary N) is 1. The van der Waals surface area contributed by atoms with Crippen molar-refractivity contribution < 1.29 is 4.74 Å². The van der Waals surface area contributed by atoms with E-state index in [9.17, 15) is 0 Å². The Morgan fingerprint density at radius 1 is 1.24 bits per heavy atom. The van der Waals surface area contributed by atoms with Crippen LogP contribution in [0.4, 0.5) is 5.95 Å². The summed E-state index contributed by atoms with van der Waals surface area (Å²) in [5, 5.41) is 5.50. The molecule has 0 saturated carbocycles. The maximum atomic E-state index is 5.91. The van der Waals surface area contributed by atoms with Crippen LogP contribution in [-0.2, 0) is 17.7 Å². The van der Waals surface area contributed by atoms with Gasteiger partial charge in [-0.15, -0.1) is 0 Å². The Morgan fingerprint density at radius 3 is 3.00 bits per heavy atom. The lowest BCUT2D eigenvalue weighted by atomic mass is 10.1. The van der Waals surface area contributed by atoms with Gasteiger partial charge in [0.15, 0.2) is 0 Å². The van der Waals surface area contributed by atoms with E-state index in [0.29, 0.717) is 0 Å². The van der Waals surface area contributed by atoms with Crippen LogP contribution in [-0.4, -0.2) is 42.4 Å². The molecule has 0 amide bonds. The molecule has 0 spiro atoms. The number of ether oxygens (including phenoxy) is 1. The monoisotopic (exact) mass is 389 g/mol. The van der Waals surface area contributed by atoms with Crippen LogP contribution in [0.3, 0.4) is 0 Å². The van der Waals surface area contributed by atoms with Gasteiger partial charge in [-0.25, -0.2) is 15.0 Å². The first-order chi connectivity index (χ1) is 14.2. The molecule has 3 N–H and O–H groups in total. The van der Waals surface area contributed by atoms with Gasteiger partial charge in [-0.1, -0.05) is 6.92 Å². The van der Waals surface area contributed by atoms with Crippen LogP contribution in [0.15, 0.2) is 36.9 Å². The molecule has 0 bridgehead atoms. The van der Waals surface area contributed by atoms with E-state index in [1.165, 1.54) is 0 Å². The minimum Gasteiger partial charge on any atom is -0.376 e. The van der Waals surface area contributed by atoms with Crippen LogP contribution in [0.1, 0.15) is 25.5 Å². The number of aromatic nitrogens is 6. The van der Waals surface area contributed by atoms with Gasteiger partial charge >= 0.3 is 0 Å². The van der Waals surface area contributed by atoms with Gasteiger partial charge in [-0.05, 0) is 31.4 Å². The molecule has 4 aromatic heterocycles. The second-order valence-corrected chi connectivity index (χ2v) is 7.36. The number of rotatable bonds is 5. The first kappa shape index (κ1) is 17.8. The summed E-state index contributed by atoms with van der Waals surface area (Å²) in [4.78, 5) is 16.5. The van der Waals surface area contributed by atoms with Crippen molar-refractivity contribution in [2.75, 3.05) is 12.3 Å². The third-order valence-electron chi connectivity index (χ3n) is 5.35. The van der Waals surface area contributed by atoms with E-state index in [1.807, 2.05) is 29.3 Å². The molecule has 8 nitrogen and oxygen atoms in total. The van der Waals surface area contributed by atoms with E-state index < -0.39 is 0 Å². The molecule has 1 aliphatic heterocycles. The first-order valence-electron chi connectivity index (χ1n) is 9.95. The highest BCUT2D eigenvalue weighted by molar-refractivity contribution is 5.95. The molecule has 5 rings (SSSR count). The van der Waals surface area contributed by atoms with E-state index in [4.69, 9.17) is 10.5 Å². The Hall–Kier alpha value is -3.26. The maximum Gasteiger partial charge on any atom is 0.220 e. The molecule has 1 fully saturated rings. The Balaban J connectivity index is 1.50. The lowest BCUT2D eigenvalue weighted by molar-refractivity contribution is 0.0940. The Labute approximate surface area is 168 Å². The number of anilines is 1. The SMILES string of the molecule is CCc1cc(-c2c[nH]c3ncc(-c4cnn(CC5CCCO5)c4)cc23)nc(N)n1. The van der Waals surface area contributed by atoms with Crippen LogP contribution in [0.5, 0.6) is 0 Å². The molecule has 8 heteroatoms. The Morgan fingerprint density at radius 2 is 2.17 bits per heavy atom. The lowest BCUT2D eigenvalue weighted by Crippen LogP contribution is -2.14. The van der Waals surface area contributed by atoms with Crippen molar-refractivity contribution in [1.82, 2.24) is 29.7 Å². The van der Waals surface area contributed by atoms with E-state index in [0.717, 1.165) is 71.5 Å². The molecule has 1 atom stereocenters. The largest absolute Gasteiger partial charge is 0.376 e. The summed E-state index contributed by atoms with van der Waals surface area (Å²) in [5.74, 6) is 0.285. The average Bonchev–Trinajstić information content (AvgIpc) is 3.48. The molecular formula is C21H23N7O. The van der Waals surface area contributed by atoms with Gasteiger partial charge in [-0.2, -0.15) is 5.10 Å². The molecule has 148 valence electrons. The molecule has 4 aromatic rings. The number of nitrogens with one attached hydrogen (secondary N) is 1. The van der Waals surface area contributed by atoms with Gasteiger partial charge in [-0.3, -0.25) is 4.68 Å². The molecule has 0 aromatic carbocycles. The summed E-state index contributed by atoms with van der Waals surface area (Å²) in [6.07, 6.45) is 11.0. The molecule has 1 unspecified atom stereocenters. The molecule has 5 heterocycles. The average molecular weight is 389 g/mol. The number of fused-ring (bicyclic) bond motifs is 1. The standard InChI is InChI=1S/C21H23N7O/c1-2-15-7-19(27-21(22)26-15)18-10-24-20-17(18)6-13(8-23-20)14-9-25-28(11-14)12-16-4-3-5-29-16/h6-11,16H,2-5,12H2,1H3,(H,23,24)(H2,22,26,27). The van der Waals surface area contributed by atoms with E-state index in [-0.39, 0.29) is 12.1 Å². The highest BCUT2D eigenvalue weighted by Crippen LogP contribution is 2.30. The zero-order valence-electron chi connectivity index (χ0n) is 16.3. The molecule has 1 saturated heterocycles. The number of aryl methyl sites for hydroxylation is 1. The van der Waals surface area contributed by atoms with Gasteiger partial charge in [0.25, 0.3) is 0 Å². The molecule has 1 aliphatic rings. The van der Waals surface area contributed by atoms with Crippen LogP contribution in [0.2, 0.25) is 0 Å². The number of hydrogen-bond donors (Lipinski definition) is 2. The van der Waals surface area contributed by atoms with Crippen molar-refractivity contribution in [1.29, 1.82) is 0 Å². The highest BCUT2D eigenvalue weighted by Gasteiger charge is 2.17. The van der Waals surface area contributed by atoms with E-state index in [2.05, 4.69) is 44.2 Å². The second kappa shape index (κ2) is 7.29. The fourth-order valence-corrected chi connectivity index (χ4v) is 3.82. The number of H-pyrrole nitrogens is 1. The summed E-state index contributed by atoms with van der Waals surface area (Å²) >= 11 is 0. The number of pyridine rings is 1. The number of nitrogens with zero attached hydrogens (tertiary/aromatic N) is 5. The van der Waals surface area contributed by atoms with Crippen LogP contribution < -0.4 is 5.73 Å². The van der Waals surface area contributed by atoms with Crippen molar-refractivity contribution in [2.24, 2.45) is 0 Å². The summed E-state index contributed by atoms with van der Waals surface area (Å²) in [5.41, 5.74) is 11.4. The summed E-state index contributed by atoms with van der Waals surface area (Å²) in [6.45, 7) is 3.68. The van der Waals surface area contributed by atoms with Gasteiger partial charge in [0, 0.05) is 53.0 Å². The number of aromatic amines is 1. The molecule has 0 aliphatic carbocycles. The quantitative estimate of drug-likeness (QED) is 0.543. The minimum absolute atomic E-state index is 0.260. The Kier molecular flexibility index (Phi) is 4.48. The Bertz CT molecular complexity index is 1160. The zero-order valence-corrected chi connectivity index (χ0v) is 16.3. The molecular weight excluding hydrogens is 366 g/mol. The van der Waals surface area contributed by atoms with Crippen molar-refractivity contribution in [3.63, 3.8) is 0 Å². The normalized spacial score (nSPS) is 16.7. The third-order valence-corrected chi connectivity index (χ3v) is 5.35. The van der Waals surface area contributed by atoms with Gasteiger partial charge in [0.05, 0.1) is 24.5 Å². The van der Waals surface area contributed by atoms with Gasteiger partial charge in [0.1, 0.15) is 5.65 Å². The zero-order chi connectivity index (χ0) is 19.8. The predicted octanol–water partition coefficient (Wildman–Crippen LogP) is 3.21. The van der Waals surface area contributed by atoms with Crippen molar-refractivity contribution >= 4 is 17.0 Å². The molecule has 0 radical (unpaired) electrons. The second-order valence-electron chi connectivity index (χ2n) is 7.36. The van der Waals surface area contributed by atoms with Crippen molar-refractivity contribution in [2.45, 2.75) is 38.8 Å². The summed E-state index contributed by atoms with van der Waals surface area (Å²) in [6, 6.07) is 4.09. The summed E-state index contributed by atoms with van der Waals surface area (Å²) in [7, 11) is 0. The van der Waals surface area contributed by atoms with Crippen LogP contribution in [0, 0.1) is 0 Å². The topological polar surface area (TPSA) is 108 Å². The maximum absolute atomic E-state index is 5.91. The van der Waals surface area contributed by atoms with Crippen molar-refractivity contribution in [3.8, 4) is 22.4 Å². The summed E-state index contributed by atoms with van der Waals surface area (Å²) < 4.78 is 7.66. The number of hydrogen-bond acceptors (Lipinski definition) is 6. The smallest absolute Gasteiger partial charge is 0.220 e. The van der Waals surface area contributed by atoms with Crippen LogP contribution in [0.25, 0.3) is 33.4 Å². The third kappa shape index (κ3) is 3.47. The van der Waals surface area contributed by atoms with Gasteiger partial charge < -0.3 is 15.5 Å². The highest BCUT2D eigenvalue weighted by atomic mass is 16.5. The minimum atomic E-state index is 0.260. The molecule has 29 heavy (non-hydrogen) atoms. The predicted molar refractivity (Wildman–Crippen MR) is 111 cm³/mol. The van der Waals surface area contributed by atoms with E-state index >= 15 is 0 Å². The fourth-order valence-electron chi connectivity index (χ4n) is 3.82. The number of nitrogen functional groups attached to an aromatic ring is 1. The van der Waals surface area contributed by atoms with Gasteiger partial charge in [0.2, 0.25) is 5.95 Å². The fraction of sp³-hybridized carbons (Fsp3) is 0.333. The lowest BCUT2D eigenvalue weighted by Gasteiger charge is -2.08. The first-order valence-corrected chi connectivity index (χ1v) is 9.95. The van der Waals surface area contributed by atoms with E-state index in [1.54, 1.807) is 0 Å². The van der Waals surface area contributed by atoms with Crippen molar-refractivity contribution in [3.05, 3.63) is 42.6 Å².